The van der Waals surface area contributed by atoms with Gasteiger partial charge in [-0.05, 0) is 36.9 Å². The van der Waals surface area contributed by atoms with E-state index in [0.717, 1.165) is 37.6 Å². The van der Waals surface area contributed by atoms with E-state index in [4.69, 9.17) is 4.74 Å². The Morgan fingerprint density at radius 2 is 2.00 bits per heavy atom. The minimum Gasteiger partial charge on any atom is -0.496 e. The average Bonchev–Trinajstić information content (AvgIpc) is 2.67. The van der Waals surface area contributed by atoms with E-state index in [0.29, 0.717) is 12.3 Å². The molecule has 7 heteroatoms. The molecular weight excluding hydrogens is 335 g/mol. The normalized spacial score (nSPS) is 15.0. The third kappa shape index (κ3) is 4.29. The quantitative estimate of drug-likeness (QED) is 0.885. The third-order valence-corrected chi connectivity index (χ3v) is 4.50. The zero-order valence-electron chi connectivity index (χ0n) is 15.0. The maximum absolute atomic E-state index is 13.4. The van der Waals surface area contributed by atoms with Crippen molar-refractivity contribution in [1.82, 2.24) is 15.2 Å². The van der Waals surface area contributed by atoms with Crippen LogP contribution in [0.4, 0.5) is 10.2 Å². The minimum atomic E-state index is -0.478. The number of anilines is 1. The molecule has 1 fully saturated rings. The molecule has 138 valence electrons. The highest BCUT2D eigenvalue weighted by molar-refractivity contribution is 5.96. The number of piperazine rings is 1. The Kier molecular flexibility index (Phi) is 5.68. The zero-order valence-corrected chi connectivity index (χ0v) is 15.0. The highest BCUT2D eigenvalue weighted by atomic mass is 19.1. The lowest BCUT2D eigenvalue weighted by Gasteiger charge is -2.33. The second-order valence-corrected chi connectivity index (χ2v) is 6.34. The van der Waals surface area contributed by atoms with Crippen molar-refractivity contribution in [3.63, 3.8) is 0 Å². The van der Waals surface area contributed by atoms with Gasteiger partial charge in [0.05, 0.1) is 12.7 Å². The predicted octanol–water partition coefficient (Wildman–Crippen LogP) is 1.91. The highest BCUT2D eigenvalue weighted by Crippen LogP contribution is 2.19. The Balaban J connectivity index is 1.60. The van der Waals surface area contributed by atoms with Gasteiger partial charge in [0.25, 0.3) is 5.91 Å². The Morgan fingerprint density at radius 3 is 2.65 bits per heavy atom. The maximum Gasteiger partial charge on any atom is 0.255 e. The van der Waals surface area contributed by atoms with Crippen molar-refractivity contribution in [2.75, 3.05) is 45.2 Å². The number of nitrogens with zero attached hydrogens (tertiary/aromatic N) is 3. The molecule has 26 heavy (non-hydrogen) atoms. The Hall–Kier alpha value is -2.67. The summed E-state index contributed by atoms with van der Waals surface area (Å²) >= 11 is 0. The van der Waals surface area contributed by atoms with Crippen molar-refractivity contribution in [3.05, 3.63) is 53.5 Å². The predicted molar refractivity (Wildman–Crippen MR) is 98.1 cm³/mol. The number of halogens is 1. The molecule has 0 atom stereocenters. The van der Waals surface area contributed by atoms with Gasteiger partial charge >= 0.3 is 0 Å². The summed E-state index contributed by atoms with van der Waals surface area (Å²) in [7, 11) is 3.56. The van der Waals surface area contributed by atoms with Gasteiger partial charge in [-0.15, -0.1) is 0 Å². The molecule has 1 N–H and O–H groups in total. The first kappa shape index (κ1) is 18.1. The van der Waals surface area contributed by atoms with E-state index in [2.05, 4.69) is 27.1 Å². The largest absolute Gasteiger partial charge is 0.496 e. The Morgan fingerprint density at radius 1 is 1.23 bits per heavy atom. The summed E-state index contributed by atoms with van der Waals surface area (Å²) in [6.07, 6.45) is 1.76. The molecule has 2 aromatic rings. The lowest BCUT2D eigenvalue weighted by Crippen LogP contribution is -2.44. The smallest absolute Gasteiger partial charge is 0.255 e. The first-order valence-corrected chi connectivity index (χ1v) is 8.57. The number of hydrogen-bond donors (Lipinski definition) is 1. The van der Waals surface area contributed by atoms with Gasteiger partial charge in [-0.3, -0.25) is 4.79 Å². The molecule has 0 bridgehead atoms. The van der Waals surface area contributed by atoms with E-state index in [1.165, 1.54) is 25.3 Å². The fourth-order valence-corrected chi connectivity index (χ4v) is 2.88. The van der Waals surface area contributed by atoms with E-state index < -0.39 is 5.82 Å². The molecule has 3 rings (SSSR count). The number of benzene rings is 1. The van der Waals surface area contributed by atoms with Crippen molar-refractivity contribution in [3.8, 4) is 5.75 Å². The molecule has 6 nitrogen and oxygen atoms in total. The van der Waals surface area contributed by atoms with Crippen molar-refractivity contribution < 1.29 is 13.9 Å². The van der Waals surface area contributed by atoms with Crippen LogP contribution in [0, 0.1) is 5.82 Å². The standard InChI is InChI=1S/C19H23FN4O2/c1-23-7-9-24(10-8-23)18-6-3-14(12-21-18)13-22-19(25)16-11-15(20)4-5-17(16)26-2/h3-6,11-12H,7-10,13H2,1-2H3,(H,22,25). The maximum atomic E-state index is 13.4. The van der Waals surface area contributed by atoms with Crippen molar-refractivity contribution in [2.45, 2.75) is 6.54 Å². The summed E-state index contributed by atoms with van der Waals surface area (Å²) in [5, 5.41) is 2.78. The van der Waals surface area contributed by atoms with E-state index >= 15 is 0 Å². The van der Waals surface area contributed by atoms with Crippen LogP contribution >= 0.6 is 0 Å². The molecule has 1 aromatic carbocycles. The summed E-state index contributed by atoms with van der Waals surface area (Å²) in [6, 6.07) is 7.79. The van der Waals surface area contributed by atoms with Crippen LogP contribution in [-0.4, -0.2) is 56.1 Å². The Bertz CT molecular complexity index is 759. The van der Waals surface area contributed by atoms with Gasteiger partial charge in [-0.25, -0.2) is 9.37 Å². The molecule has 0 aliphatic carbocycles. The van der Waals surface area contributed by atoms with Crippen molar-refractivity contribution in [2.24, 2.45) is 0 Å². The molecule has 1 aliphatic rings. The lowest BCUT2D eigenvalue weighted by atomic mass is 10.1. The second-order valence-electron chi connectivity index (χ2n) is 6.34. The van der Waals surface area contributed by atoms with E-state index in [1.807, 2.05) is 12.1 Å². The fraction of sp³-hybridized carbons (Fsp3) is 0.368. The number of amides is 1. The van der Waals surface area contributed by atoms with Crippen LogP contribution in [0.5, 0.6) is 5.75 Å². The molecule has 1 saturated heterocycles. The number of carbonyl (C=O) groups excluding carboxylic acids is 1. The van der Waals surface area contributed by atoms with Crippen LogP contribution in [0.3, 0.4) is 0 Å². The number of hydrogen-bond acceptors (Lipinski definition) is 5. The topological polar surface area (TPSA) is 57.7 Å². The van der Waals surface area contributed by atoms with Crippen molar-refractivity contribution in [1.29, 1.82) is 0 Å². The van der Waals surface area contributed by atoms with Gasteiger partial charge in [-0.1, -0.05) is 6.07 Å². The minimum absolute atomic E-state index is 0.175. The molecule has 1 aromatic heterocycles. The number of ether oxygens (including phenoxy) is 1. The molecule has 0 saturated carbocycles. The molecule has 0 radical (unpaired) electrons. The molecular formula is C19H23FN4O2. The van der Waals surface area contributed by atoms with E-state index in [1.54, 1.807) is 6.20 Å². The van der Waals surface area contributed by atoms with Crippen LogP contribution in [-0.2, 0) is 6.54 Å². The first-order valence-electron chi connectivity index (χ1n) is 8.57. The number of rotatable bonds is 5. The van der Waals surface area contributed by atoms with Crippen LogP contribution in [0.2, 0.25) is 0 Å². The number of aromatic nitrogens is 1. The lowest BCUT2D eigenvalue weighted by molar-refractivity contribution is 0.0947. The second kappa shape index (κ2) is 8.14. The van der Waals surface area contributed by atoms with Gasteiger partial charge < -0.3 is 19.9 Å². The number of nitrogens with one attached hydrogen (secondary N) is 1. The third-order valence-electron chi connectivity index (χ3n) is 4.50. The van der Waals surface area contributed by atoms with Crippen LogP contribution in [0.25, 0.3) is 0 Å². The van der Waals surface area contributed by atoms with Gasteiger partial charge in [-0.2, -0.15) is 0 Å². The summed E-state index contributed by atoms with van der Waals surface area (Å²) in [5.41, 5.74) is 1.06. The van der Waals surface area contributed by atoms with Crippen LogP contribution < -0.4 is 15.0 Å². The summed E-state index contributed by atoms with van der Waals surface area (Å²) < 4.78 is 18.5. The molecule has 2 heterocycles. The number of methoxy groups -OCH3 is 1. The Labute approximate surface area is 152 Å². The molecule has 1 amide bonds. The molecule has 1 aliphatic heterocycles. The van der Waals surface area contributed by atoms with Gasteiger partial charge in [0, 0.05) is 38.9 Å². The summed E-state index contributed by atoms with van der Waals surface area (Å²) in [5.74, 6) is 0.422. The zero-order chi connectivity index (χ0) is 18.5. The van der Waals surface area contributed by atoms with Gasteiger partial charge in [0.2, 0.25) is 0 Å². The van der Waals surface area contributed by atoms with Crippen molar-refractivity contribution >= 4 is 11.7 Å². The summed E-state index contributed by atoms with van der Waals surface area (Å²) in [6.45, 7) is 4.27. The number of pyridine rings is 1. The first-order chi connectivity index (χ1) is 12.6. The van der Waals surface area contributed by atoms with Gasteiger partial charge in [0.15, 0.2) is 0 Å². The van der Waals surface area contributed by atoms with E-state index in [9.17, 15) is 9.18 Å². The van der Waals surface area contributed by atoms with Crippen LogP contribution in [0.1, 0.15) is 15.9 Å². The fourth-order valence-electron chi connectivity index (χ4n) is 2.88. The molecule has 0 spiro atoms. The highest BCUT2D eigenvalue weighted by Gasteiger charge is 2.16. The summed E-state index contributed by atoms with van der Waals surface area (Å²) in [4.78, 5) is 21.3. The van der Waals surface area contributed by atoms with Crippen LogP contribution in [0.15, 0.2) is 36.5 Å². The molecule has 0 unspecified atom stereocenters. The monoisotopic (exact) mass is 358 g/mol. The SMILES string of the molecule is COc1ccc(F)cc1C(=O)NCc1ccc(N2CCN(C)CC2)nc1. The average molecular weight is 358 g/mol. The number of likely N-dealkylation sites (N-methyl/N-ethyl adjacent to an activating group) is 1. The van der Waals surface area contributed by atoms with Gasteiger partial charge in [0.1, 0.15) is 17.4 Å². The number of carbonyl (C=O) groups is 1. The van der Waals surface area contributed by atoms with E-state index in [-0.39, 0.29) is 11.5 Å².